The molecule has 12 aromatic heterocycles. The number of hydrogen-bond acceptors (Lipinski definition) is 28. The van der Waals surface area contributed by atoms with Crippen LogP contribution in [0.4, 0.5) is 0 Å². The molecule has 0 unspecified atom stereocenters. The monoisotopic (exact) mass is 1700 g/mol. The van der Waals surface area contributed by atoms with Crippen molar-refractivity contribution in [1.29, 1.82) is 0 Å². The molecule has 0 radical (unpaired) electrons. The van der Waals surface area contributed by atoms with E-state index in [1.54, 1.807) is 79.1 Å². The van der Waals surface area contributed by atoms with Crippen LogP contribution in [0.2, 0.25) is 0 Å². The first-order chi connectivity index (χ1) is 60.9. The number of carbonyl (C=O) groups excluding carboxylic acids is 16. The van der Waals surface area contributed by atoms with Gasteiger partial charge in [-0.2, -0.15) is 0 Å². The minimum absolute atomic E-state index is 0.168. The summed E-state index contributed by atoms with van der Waals surface area (Å²) >= 11 is 0. The maximum Gasteiger partial charge on any atom is 0.162 e. The quantitative estimate of drug-likeness (QED) is 0.0639. The van der Waals surface area contributed by atoms with Gasteiger partial charge in [0.15, 0.2) is 92.5 Å². The first kappa shape index (κ1) is 89.2. The van der Waals surface area contributed by atoms with Gasteiger partial charge in [0.05, 0.1) is 39.9 Å². The first-order valence-corrected chi connectivity index (χ1v) is 39.8. The Hall–Kier alpha value is -16.5. The van der Waals surface area contributed by atoms with Crippen LogP contribution in [0.1, 0.15) is 277 Å². The lowest BCUT2D eigenvalue weighted by atomic mass is 9.90. The van der Waals surface area contributed by atoms with E-state index in [4.69, 9.17) is 0 Å². The zero-order chi connectivity index (χ0) is 92.6. The first-order valence-electron chi connectivity index (χ1n) is 39.8. The van der Waals surface area contributed by atoms with Gasteiger partial charge in [0, 0.05) is 286 Å². The summed E-state index contributed by atoms with van der Waals surface area (Å²) in [6.45, 7) is 22.8. The summed E-state index contributed by atoms with van der Waals surface area (Å²) in [7, 11) is 0. The molecule has 0 aliphatic heterocycles. The molecule has 0 aliphatic carbocycles. The Kier molecular flexibility index (Phi) is 25.2. The highest BCUT2D eigenvalue weighted by Gasteiger charge is 2.30. The molecule has 28 heteroatoms. The molecular formula is C100H76N12O16. The third-order valence-electron chi connectivity index (χ3n) is 21.8. The fraction of sp³-hybridized carbons (Fsp3) is 0.160. The van der Waals surface area contributed by atoms with Crippen molar-refractivity contribution in [2.45, 2.75) is 111 Å². The molecule has 0 fully saturated rings. The summed E-state index contributed by atoms with van der Waals surface area (Å²) in [4.78, 5) is 249. The predicted molar refractivity (Wildman–Crippen MR) is 481 cm³/mol. The van der Waals surface area contributed by atoms with Crippen LogP contribution in [0.15, 0.2) is 172 Å². The zero-order valence-electron chi connectivity index (χ0n) is 72.1. The van der Waals surface area contributed by atoms with Crippen LogP contribution in [0.3, 0.4) is 0 Å². The number of aromatic nitrogens is 12. The molecule has 0 N–H and O–H groups in total. The molecular weight excluding hydrogens is 1630 g/mol. The predicted octanol–water partition coefficient (Wildman–Crippen LogP) is 18.6. The second-order valence-corrected chi connectivity index (χ2v) is 30.4. The van der Waals surface area contributed by atoms with Crippen molar-refractivity contribution >= 4 is 179 Å². The summed E-state index contributed by atoms with van der Waals surface area (Å²) in [6, 6.07) is 19.0. The largest absolute Gasteiger partial charge is 0.294 e. The number of pyridine rings is 12. The molecule has 0 aliphatic rings. The molecule has 0 spiro atoms. The van der Waals surface area contributed by atoms with Gasteiger partial charge in [-0.05, 0) is 111 Å². The standard InChI is InChI=1S/C26H20N2O4.2C25H19N3O4.C24H18N4O4/c1-13(29)17-7-5-9-19-23(17)21(15(3)31)11-27-25(19)26-20-10-6-8-18(14(2)30)24(20)22(12-28-26)16(4)32;1-12(29)16-5-6-17(21-9-26-7-18(13(2)30)23(16)21)25-22-10-27-8-19(14(3)31)24(22)20(11-28-25)15(4)32;1-12(29)16-6-5-7-17-22(16)19(14(3)31)10-27-24(17)25-21-9-26-8-18(13(2)30)23(21)20(11-28-25)15(4)32;1-11(29)15-5-25-7-19-21(15)17(13(3)31)9-27-23(19)24-20-8-26-6-16(12(2)30)22(20)18(10-28-24)14(4)32/h5-12H,1-4H3;2*5-11H,1-4H3;5-10H,1-4H3. The highest BCUT2D eigenvalue weighted by molar-refractivity contribution is 6.27. The van der Waals surface area contributed by atoms with Crippen molar-refractivity contribution in [3.63, 3.8) is 0 Å². The lowest BCUT2D eigenvalue weighted by Gasteiger charge is -2.15. The van der Waals surface area contributed by atoms with Crippen molar-refractivity contribution in [2.75, 3.05) is 0 Å². The Morgan fingerprint density at radius 3 is 0.516 bits per heavy atom. The SMILES string of the molecule is CC(=O)c1ccc(-c2ncc(C(C)=O)c3c(C(C)=O)cncc23)c2cncc(C(C)=O)c12.CC(=O)c1cccc2c(-c3ncc(C(C)=O)c4c(C(C)=O)cccc34)ncc(C(C)=O)c12.CC(=O)c1cccc2c(-c3ncc(C(C)=O)c4c(C(C)=O)cncc34)ncc(C(C)=O)c12.CC(=O)c1cncc2c(-c3ncc(C(C)=O)c4c(C(C)=O)cncc34)ncc(C(C)=O)c12. The average Bonchev–Trinajstić information content (AvgIpc) is 0.751. The van der Waals surface area contributed by atoms with Crippen LogP contribution >= 0.6 is 0 Å². The molecule has 0 bridgehead atoms. The van der Waals surface area contributed by atoms with E-state index in [1.165, 1.54) is 204 Å². The van der Waals surface area contributed by atoms with Crippen LogP contribution < -0.4 is 0 Å². The molecule has 632 valence electrons. The van der Waals surface area contributed by atoms with Crippen molar-refractivity contribution in [2.24, 2.45) is 0 Å². The van der Waals surface area contributed by atoms with Gasteiger partial charge >= 0.3 is 0 Å². The van der Waals surface area contributed by atoms with Crippen LogP contribution in [-0.2, 0) is 0 Å². The Morgan fingerprint density at radius 1 is 0.148 bits per heavy atom. The number of Topliss-reactive ketones (excluding diaryl/α,β-unsaturated/α-hetero) is 16. The van der Waals surface area contributed by atoms with Crippen LogP contribution in [0, 0.1) is 0 Å². The molecule has 4 aromatic carbocycles. The maximum atomic E-state index is 12.3. The molecule has 16 aromatic rings. The third kappa shape index (κ3) is 16.5. The molecule has 0 atom stereocenters. The minimum atomic E-state index is -0.243. The summed E-state index contributed by atoms with van der Waals surface area (Å²) in [5, 5.41) is 8.12. The van der Waals surface area contributed by atoms with Crippen molar-refractivity contribution in [3.8, 4) is 45.4 Å². The highest BCUT2D eigenvalue weighted by Crippen LogP contribution is 2.43. The van der Waals surface area contributed by atoms with Crippen LogP contribution in [0.25, 0.3) is 132 Å². The number of hydrogen-bond donors (Lipinski definition) is 0. The second kappa shape index (κ2) is 36.1. The zero-order valence-corrected chi connectivity index (χ0v) is 72.1. The Labute approximate surface area is 728 Å². The summed E-state index contributed by atoms with van der Waals surface area (Å²) < 4.78 is 0. The summed E-state index contributed by atoms with van der Waals surface area (Å²) in [5.74, 6) is -3.41. The molecule has 0 saturated heterocycles. The van der Waals surface area contributed by atoms with E-state index in [-0.39, 0.29) is 92.5 Å². The third-order valence-corrected chi connectivity index (χ3v) is 21.8. The van der Waals surface area contributed by atoms with E-state index in [1.807, 2.05) is 0 Å². The molecule has 28 nitrogen and oxygen atoms in total. The van der Waals surface area contributed by atoms with Crippen molar-refractivity contribution in [3.05, 3.63) is 261 Å². The minimum Gasteiger partial charge on any atom is -0.294 e. The molecule has 16 rings (SSSR count). The topological polar surface area (TPSA) is 428 Å². The smallest absolute Gasteiger partial charge is 0.162 e. The van der Waals surface area contributed by atoms with E-state index in [0.29, 0.717) is 221 Å². The fourth-order valence-electron chi connectivity index (χ4n) is 15.9. The summed E-state index contributed by atoms with van der Waals surface area (Å²) in [5.41, 5.74) is 9.05. The lowest BCUT2D eigenvalue weighted by molar-refractivity contribution is 0.100. The number of rotatable bonds is 20. The number of nitrogens with zero attached hydrogens (tertiary/aromatic N) is 12. The van der Waals surface area contributed by atoms with Gasteiger partial charge in [-0.3, -0.25) is 137 Å². The highest BCUT2D eigenvalue weighted by atomic mass is 16.2. The molecule has 12 heterocycles. The van der Waals surface area contributed by atoms with Gasteiger partial charge < -0.3 is 0 Å². The Balaban J connectivity index is 0.000000146. The Bertz CT molecular complexity index is 6240. The van der Waals surface area contributed by atoms with Crippen molar-refractivity contribution in [1.82, 2.24) is 59.8 Å². The Morgan fingerprint density at radius 2 is 0.305 bits per heavy atom. The average molecular weight is 1700 g/mol. The molecule has 128 heavy (non-hydrogen) atoms. The number of fused-ring (bicyclic) bond motifs is 8. The van der Waals surface area contributed by atoms with Crippen molar-refractivity contribution < 1.29 is 76.7 Å². The van der Waals surface area contributed by atoms with Crippen LogP contribution in [-0.4, -0.2) is 152 Å². The lowest BCUT2D eigenvalue weighted by Crippen LogP contribution is -2.06. The second-order valence-electron chi connectivity index (χ2n) is 30.4. The molecule has 0 amide bonds. The van der Waals surface area contributed by atoms with E-state index in [9.17, 15) is 76.7 Å². The summed E-state index contributed by atoms with van der Waals surface area (Å²) in [6.07, 6.45) is 24.9. The van der Waals surface area contributed by atoms with Gasteiger partial charge in [0.25, 0.3) is 0 Å². The van der Waals surface area contributed by atoms with Gasteiger partial charge in [-0.1, -0.05) is 66.7 Å². The van der Waals surface area contributed by atoms with Gasteiger partial charge in [-0.15, -0.1) is 0 Å². The van der Waals surface area contributed by atoms with E-state index in [0.717, 1.165) is 0 Å². The van der Waals surface area contributed by atoms with E-state index < -0.39 is 0 Å². The maximum absolute atomic E-state index is 12.3. The van der Waals surface area contributed by atoms with Gasteiger partial charge in [-0.25, -0.2) is 0 Å². The van der Waals surface area contributed by atoms with Gasteiger partial charge in [0.1, 0.15) is 0 Å². The van der Waals surface area contributed by atoms with Crippen LogP contribution in [0.5, 0.6) is 0 Å². The van der Waals surface area contributed by atoms with Gasteiger partial charge in [0.2, 0.25) is 0 Å². The van der Waals surface area contributed by atoms with E-state index >= 15 is 0 Å². The number of ketones is 16. The van der Waals surface area contributed by atoms with E-state index in [2.05, 4.69) is 59.8 Å². The fourth-order valence-corrected chi connectivity index (χ4v) is 15.9. The number of benzene rings is 4. The molecule has 0 saturated carbocycles. The number of carbonyl (C=O) groups is 16. The normalized spacial score (nSPS) is 11.0.